The Hall–Kier alpha value is -2.99. The van der Waals surface area contributed by atoms with Crippen molar-refractivity contribution in [2.75, 3.05) is 24.6 Å². The number of ether oxygens (including phenoxy) is 1. The number of aryl methyl sites for hydroxylation is 1. The molecule has 33 heavy (non-hydrogen) atoms. The number of amides is 1. The van der Waals surface area contributed by atoms with Crippen molar-refractivity contribution in [2.45, 2.75) is 50.7 Å². The number of hydrogen-bond donors (Lipinski definition) is 1. The molecule has 2 fully saturated rings. The number of carbonyl (C=O) groups excluding carboxylic acids is 1. The van der Waals surface area contributed by atoms with E-state index in [2.05, 4.69) is 20.4 Å². The molecule has 2 aliphatic rings. The lowest BCUT2D eigenvalue weighted by molar-refractivity contribution is -0.153. The van der Waals surface area contributed by atoms with E-state index in [4.69, 9.17) is 9.26 Å². The summed E-state index contributed by atoms with van der Waals surface area (Å²) >= 11 is 0. The Bertz CT molecular complexity index is 1030. The molecule has 3 heterocycles. The molecule has 0 aromatic carbocycles. The van der Waals surface area contributed by atoms with Gasteiger partial charge in [-0.25, -0.2) is 13.8 Å². The van der Waals surface area contributed by atoms with Crippen molar-refractivity contribution in [3.63, 3.8) is 0 Å². The van der Waals surface area contributed by atoms with E-state index in [0.717, 1.165) is 30.0 Å². The first-order valence-electron chi connectivity index (χ1n) is 10.3. The Morgan fingerprint density at radius 1 is 1.33 bits per heavy atom. The fourth-order valence-electron chi connectivity index (χ4n) is 3.68. The molecule has 1 aliphatic heterocycles. The molecule has 4 rings (SSSR count). The van der Waals surface area contributed by atoms with E-state index in [1.165, 1.54) is 0 Å². The molecule has 1 saturated carbocycles. The van der Waals surface area contributed by atoms with Crippen LogP contribution in [-0.2, 0) is 5.54 Å². The number of rotatable bonds is 8. The van der Waals surface area contributed by atoms with Gasteiger partial charge in [0.1, 0.15) is 17.0 Å². The van der Waals surface area contributed by atoms with Crippen LogP contribution in [0, 0.1) is 12.8 Å². The summed E-state index contributed by atoms with van der Waals surface area (Å²) in [5, 5.41) is 6.71. The minimum absolute atomic E-state index is 0.0451. The van der Waals surface area contributed by atoms with E-state index < -0.39 is 43.2 Å². The van der Waals surface area contributed by atoms with Crippen molar-refractivity contribution in [3.8, 4) is 5.75 Å². The van der Waals surface area contributed by atoms with Gasteiger partial charge in [-0.3, -0.25) is 4.79 Å². The highest BCUT2D eigenvalue weighted by molar-refractivity contribution is 5.93. The quantitative estimate of drug-likeness (QED) is 0.583. The minimum Gasteiger partial charge on any atom is -0.482 e. The number of carbonyl (C=O) groups is 1. The van der Waals surface area contributed by atoms with Gasteiger partial charge in [-0.05, 0) is 19.3 Å². The van der Waals surface area contributed by atoms with Crippen molar-refractivity contribution in [2.24, 2.45) is 5.92 Å². The van der Waals surface area contributed by atoms with Crippen LogP contribution in [0.1, 0.15) is 48.4 Å². The van der Waals surface area contributed by atoms with Crippen LogP contribution in [0.4, 0.5) is 27.6 Å². The third kappa shape index (κ3) is 5.50. The van der Waals surface area contributed by atoms with E-state index in [1.807, 2.05) is 0 Å². The van der Waals surface area contributed by atoms with Gasteiger partial charge in [-0.2, -0.15) is 18.2 Å². The van der Waals surface area contributed by atoms with E-state index in [-0.39, 0.29) is 23.0 Å². The highest BCUT2D eigenvalue weighted by Crippen LogP contribution is 2.41. The zero-order valence-corrected chi connectivity index (χ0v) is 17.9. The zero-order valence-electron chi connectivity index (χ0n) is 17.9. The molecular formula is C20H22F5N5O3. The van der Waals surface area contributed by atoms with Crippen molar-refractivity contribution in [1.29, 1.82) is 0 Å². The van der Waals surface area contributed by atoms with E-state index in [9.17, 15) is 26.7 Å². The Kier molecular flexibility index (Phi) is 5.69. The predicted molar refractivity (Wildman–Crippen MR) is 104 cm³/mol. The molecule has 1 amide bonds. The van der Waals surface area contributed by atoms with Gasteiger partial charge in [0.25, 0.3) is 11.8 Å². The molecule has 180 valence electrons. The van der Waals surface area contributed by atoms with Crippen LogP contribution in [0.25, 0.3) is 0 Å². The number of aromatic nitrogens is 3. The molecule has 0 radical (unpaired) electrons. The van der Waals surface area contributed by atoms with Crippen molar-refractivity contribution in [1.82, 2.24) is 20.4 Å². The minimum atomic E-state index is -4.65. The van der Waals surface area contributed by atoms with Crippen LogP contribution in [0.15, 0.2) is 16.8 Å². The van der Waals surface area contributed by atoms with Gasteiger partial charge in [-0.1, -0.05) is 18.0 Å². The van der Waals surface area contributed by atoms with Gasteiger partial charge >= 0.3 is 6.18 Å². The Labute approximate surface area is 185 Å². The highest BCUT2D eigenvalue weighted by Gasteiger charge is 2.45. The van der Waals surface area contributed by atoms with E-state index >= 15 is 0 Å². The van der Waals surface area contributed by atoms with E-state index in [1.54, 1.807) is 13.8 Å². The molecule has 13 heteroatoms. The lowest BCUT2D eigenvalue weighted by atomic mass is 9.93. The van der Waals surface area contributed by atoms with Crippen LogP contribution in [0.2, 0.25) is 0 Å². The van der Waals surface area contributed by atoms with Gasteiger partial charge in [0.05, 0.1) is 25.0 Å². The van der Waals surface area contributed by atoms with Crippen LogP contribution < -0.4 is 15.0 Å². The fraction of sp³-hybridized carbons (Fsp3) is 0.600. The van der Waals surface area contributed by atoms with Crippen molar-refractivity contribution >= 4 is 11.6 Å². The maximum absolute atomic E-state index is 13.3. The number of alkyl halides is 5. The summed E-state index contributed by atoms with van der Waals surface area (Å²) in [6.07, 6.45) is -1.07. The predicted octanol–water partition coefficient (Wildman–Crippen LogP) is 3.61. The van der Waals surface area contributed by atoms with Gasteiger partial charge < -0.3 is 19.5 Å². The second-order valence-corrected chi connectivity index (χ2v) is 8.72. The number of hydrogen-bond acceptors (Lipinski definition) is 7. The molecule has 8 nitrogen and oxygen atoms in total. The molecule has 1 aliphatic carbocycles. The van der Waals surface area contributed by atoms with Crippen LogP contribution >= 0.6 is 0 Å². The highest BCUT2D eigenvalue weighted by atomic mass is 19.4. The number of nitrogens with zero attached hydrogens (tertiary/aromatic N) is 4. The Morgan fingerprint density at radius 3 is 2.58 bits per heavy atom. The smallest absolute Gasteiger partial charge is 0.422 e. The first-order chi connectivity index (χ1) is 15.3. The average molecular weight is 475 g/mol. The van der Waals surface area contributed by atoms with Crippen LogP contribution in [0.5, 0.6) is 5.75 Å². The molecule has 2 aromatic rings. The summed E-state index contributed by atoms with van der Waals surface area (Å²) in [4.78, 5) is 22.3. The lowest BCUT2D eigenvalue weighted by Crippen LogP contribution is -2.56. The third-order valence-electron chi connectivity index (χ3n) is 5.46. The topological polar surface area (TPSA) is 93.4 Å². The molecule has 2 aromatic heterocycles. The second kappa shape index (κ2) is 8.10. The number of nitrogens with one attached hydrogen (secondary N) is 1. The maximum atomic E-state index is 13.3. The van der Waals surface area contributed by atoms with Crippen molar-refractivity contribution < 1.29 is 36.0 Å². The summed E-state index contributed by atoms with van der Waals surface area (Å²) in [7, 11) is 0. The first-order valence-corrected chi connectivity index (χ1v) is 10.3. The van der Waals surface area contributed by atoms with Crippen molar-refractivity contribution in [3.05, 3.63) is 29.7 Å². The summed E-state index contributed by atoms with van der Waals surface area (Å²) in [6.45, 7) is 0.333. The molecule has 1 N–H and O–H groups in total. The number of pyridine rings is 1. The molecular weight excluding hydrogens is 453 g/mol. The molecule has 0 spiro atoms. The third-order valence-corrected chi connectivity index (χ3v) is 5.46. The average Bonchev–Trinajstić information content (AvgIpc) is 3.39. The molecule has 1 saturated heterocycles. The summed E-state index contributed by atoms with van der Waals surface area (Å²) in [5.41, 5.74) is -1.27. The Morgan fingerprint density at radius 2 is 2.03 bits per heavy atom. The van der Waals surface area contributed by atoms with Crippen LogP contribution in [-0.4, -0.2) is 52.8 Å². The Balaban J connectivity index is 1.58. The second-order valence-electron chi connectivity index (χ2n) is 8.72. The summed E-state index contributed by atoms with van der Waals surface area (Å²) in [6, 6.07) is 1.02. The summed E-state index contributed by atoms with van der Waals surface area (Å²) < 4.78 is 74.6. The van der Waals surface area contributed by atoms with Crippen LogP contribution in [0.3, 0.4) is 0 Å². The van der Waals surface area contributed by atoms with Gasteiger partial charge in [0, 0.05) is 13.0 Å². The lowest BCUT2D eigenvalue weighted by Gasteiger charge is -2.40. The maximum Gasteiger partial charge on any atom is 0.422 e. The van der Waals surface area contributed by atoms with E-state index in [0.29, 0.717) is 18.2 Å². The monoisotopic (exact) mass is 475 g/mol. The fourth-order valence-corrected chi connectivity index (χ4v) is 3.68. The molecule has 1 unspecified atom stereocenters. The standard InChI is InChI=1S/C20H22F5N5O3/c1-11-27-17(29-33-11)18(2,6-12-3-4-12)28-16(31)13-5-15(32-10-20(23,24)25)14(7-26-13)30-8-19(21,22)9-30/h5,7,12H,3-4,6,8-10H2,1-2H3,(H,28,31). The van der Waals surface area contributed by atoms with Gasteiger partial charge in [0.15, 0.2) is 12.4 Å². The molecule has 1 atom stereocenters. The zero-order chi connectivity index (χ0) is 24.0. The number of anilines is 1. The summed E-state index contributed by atoms with van der Waals surface area (Å²) in [5.74, 6) is -3.06. The SMILES string of the molecule is Cc1nc(C(C)(CC2CC2)NC(=O)c2cc(OCC(F)(F)F)c(N3CC(F)(F)C3)cn2)no1. The van der Waals surface area contributed by atoms with Gasteiger partial charge in [0.2, 0.25) is 5.89 Å². The molecule has 0 bridgehead atoms. The first kappa shape index (κ1) is 23.2. The largest absolute Gasteiger partial charge is 0.482 e. The number of halogens is 5. The van der Waals surface area contributed by atoms with Gasteiger partial charge in [-0.15, -0.1) is 0 Å². The normalized spacial score (nSPS) is 19.5.